The minimum absolute atomic E-state index is 0.125. The Balaban J connectivity index is 1.60. The van der Waals surface area contributed by atoms with Gasteiger partial charge in [-0.3, -0.25) is 9.78 Å². The number of benzene rings is 1. The third-order valence-electron chi connectivity index (χ3n) is 4.29. The molecule has 3 aromatic rings. The fourth-order valence-electron chi connectivity index (χ4n) is 2.82. The maximum atomic E-state index is 12.0. The lowest BCUT2D eigenvalue weighted by molar-refractivity contribution is 0.953. The number of nitrogens with one attached hydrogen (secondary N) is 2. The van der Waals surface area contributed by atoms with Gasteiger partial charge in [0.05, 0.1) is 5.56 Å². The van der Waals surface area contributed by atoms with Gasteiger partial charge in [-0.2, -0.15) is 0 Å². The molecule has 0 saturated heterocycles. The van der Waals surface area contributed by atoms with Gasteiger partial charge in [0.25, 0.3) is 5.56 Å². The lowest BCUT2D eigenvalue weighted by atomic mass is 10.1. The van der Waals surface area contributed by atoms with Crippen LogP contribution < -0.4 is 11.2 Å². The fourth-order valence-corrected chi connectivity index (χ4v) is 3.25. The van der Waals surface area contributed by atoms with Crippen molar-refractivity contribution in [2.24, 2.45) is 5.92 Å². The molecule has 0 amide bonds. The summed E-state index contributed by atoms with van der Waals surface area (Å²) in [5.74, 6) is 6.61. The van der Waals surface area contributed by atoms with Crippen LogP contribution in [0.4, 0.5) is 0 Å². The van der Waals surface area contributed by atoms with Crippen LogP contribution in [-0.4, -0.2) is 20.2 Å². The lowest BCUT2D eigenvalue weighted by Crippen LogP contribution is -2.23. The summed E-state index contributed by atoms with van der Waals surface area (Å²) in [7, 11) is 0. The zero-order chi connectivity index (χ0) is 19.0. The zero-order valence-corrected chi connectivity index (χ0v) is 15.3. The van der Waals surface area contributed by atoms with Crippen molar-refractivity contribution < 1.29 is 0 Å². The number of hydrogen-bond donors (Lipinski definition) is 2. The van der Waals surface area contributed by atoms with E-state index in [0.29, 0.717) is 10.7 Å². The first-order valence-electron chi connectivity index (χ1n) is 8.14. The molecule has 134 valence electrons. The molecule has 2 atom stereocenters. The summed E-state index contributed by atoms with van der Waals surface area (Å²) in [4.78, 5) is 27.7. The van der Waals surface area contributed by atoms with E-state index in [9.17, 15) is 9.59 Å². The van der Waals surface area contributed by atoms with E-state index in [1.807, 2.05) is 18.2 Å². The Kier molecular flexibility index (Phi) is 4.56. The highest BCUT2D eigenvalue weighted by atomic mass is 35.5. The van der Waals surface area contributed by atoms with Gasteiger partial charge in [0, 0.05) is 28.6 Å². The second kappa shape index (κ2) is 7.03. The van der Waals surface area contributed by atoms with Gasteiger partial charge >= 0.3 is 5.69 Å². The van der Waals surface area contributed by atoms with Crippen LogP contribution in [0.1, 0.15) is 23.5 Å². The minimum Gasteiger partial charge on any atom is -0.313 e. The highest BCUT2D eigenvalue weighted by Crippen LogP contribution is 2.49. The Morgan fingerprint density at radius 1 is 1.15 bits per heavy atom. The molecule has 1 aliphatic carbocycles. The van der Waals surface area contributed by atoms with E-state index in [4.69, 9.17) is 23.2 Å². The van der Waals surface area contributed by atoms with E-state index in [1.165, 1.54) is 6.20 Å². The van der Waals surface area contributed by atoms with Crippen LogP contribution in [0.25, 0.3) is 11.3 Å². The third kappa shape index (κ3) is 3.80. The fraction of sp³-hybridized carbons (Fsp3) is 0.158. The summed E-state index contributed by atoms with van der Waals surface area (Å²) in [6.45, 7) is 0. The third-order valence-corrected chi connectivity index (χ3v) is 4.82. The van der Waals surface area contributed by atoms with E-state index in [2.05, 4.69) is 32.0 Å². The Morgan fingerprint density at radius 3 is 2.78 bits per heavy atom. The molecule has 1 aliphatic rings. The standard InChI is InChI=1S/C19H12Cl2N4O2/c20-12-3-1-2-10(6-12)4-5-11-7-13(11)14-8-16(24-25-17(14)21)15-9-22-19(27)23-18(15)26/h1-3,6,8-9,11,13H,7H2,(H2,22,23,26,27)/t11-,13-/m0/s1. The van der Waals surface area contributed by atoms with Gasteiger partial charge in [0.1, 0.15) is 5.69 Å². The smallest absolute Gasteiger partial charge is 0.313 e. The molecule has 1 fully saturated rings. The van der Waals surface area contributed by atoms with Gasteiger partial charge in [-0.25, -0.2) is 4.79 Å². The van der Waals surface area contributed by atoms with E-state index < -0.39 is 11.2 Å². The molecule has 27 heavy (non-hydrogen) atoms. The summed E-state index contributed by atoms with van der Waals surface area (Å²) in [6, 6.07) is 9.10. The van der Waals surface area contributed by atoms with Crippen LogP contribution in [0, 0.1) is 17.8 Å². The topological polar surface area (TPSA) is 91.5 Å². The van der Waals surface area contributed by atoms with Gasteiger partial charge in [-0.1, -0.05) is 41.1 Å². The molecule has 0 radical (unpaired) electrons. The molecule has 2 heterocycles. The zero-order valence-electron chi connectivity index (χ0n) is 13.8. The Labute approximate surface area is 163 Å². The second-order valence-electron chi connectivity index (χ2n) is 6.19. The number of aromatic amines is 2. The van der Waals surface area contributed by atoms with Crippen molar-refractivity contribution in [2.75, 3.05) is 0 Å². The SMILES string of the molecule is O=c1[nH]cc(-c2cc([C@H]3C[C@@H]3C#Cc3cccc(Cl)c3)c(Cl)nn2)c(=O)[nH]1. The van der Waals surface area contributed by atoms with Gasteiger partial charge < -0.3 is 4.98 Å². The number of nitrogens with zero attached hydrogens (tertiary/aromatic N) is 2. The molecule has 0 spiro atoms. The molecule has 8 heteroatoms. The van der Waals surface area contributed by atoms with Crippen molar-refractivity contribution in [3.8, 4) is 23.1 Å². The van der Waals surface area contributed by atoms with Crippen LogP contribution in [0.5, 0.6) is 0 Å². The van der Waals surface area contributed by atoms with Gasteiger partial charge in [0.15, 0.2) is 5.15 Å². The average Bonchev–Trinajstić information content (AvgIpc) is 3.40. The van der Waals surface area contributed by atoms with Crippen LogP contribution in [0.3, 0.4) is 0 Å². The maximum absolute atomic E-state index is 12.0. The van der Waals surface area contributed by atoms with Gasteiger partial charge in [0.2, 0.25) is 0 Å². The molecule has 2 N–H and O–H groups in total. The molecule has 0 bridgehead atoms. The van der Waals surface area contributed by atoms with E-state index in [-0.39, 0.29) is 22.6 Å². The first kappa shape index (κ1) is 17.5. The molecule has 2 aromatic heterocycles. The molecule has 6 nitrogen and oxygen atoms in total. The summed E-state index contributed by atoms with van der Waals surface area (Å²) < 4.78 is 0. The van der Waals surface area contributed by atoms with Crippen molar-refractivity contribution in [1.29, 1.82) is 0 Å². The van der Waals surface area contributed by atoms with Crippen LogP contribution in [-0.2, 0) is 0 Å². The monoisotopic (exact) mass is 398 g/mol. The summed E-state index contributed by atoms with van der Waals surface area (Å²) in [5.41, 5.74) is 1.10. The van der Waals surface area contributed by atoms with Crippen molar-refractivity contribution in [2.45, 2.75) is 12.3 Å². The number of hydrogen-bond acceptors (Lipinski definition) is 4. The summed E-state index contributed by atoms with van der Waals surface area (Å²) in [6.07, 6.45) is 2.16. The number of H-pyrrole nitrogens is 2. The molecule has 1 aromatic carbocycles. The van der Waals surface area contributed by atoms with E-state index >= 15 is 0 Å². The predicted octanol–water partition coefficient (Wildman–Crippen LogP) is 2.98. The van der Waals surface area contributed by atoms with Crippen molar-refractivity contribution >= 4 is 23.2 Å². The Hall–Kier alpha value is -2.88. The maximum Gasteiger partial charge on any atom is 0.325 e. The van der Waals surface area contributed by atoms with Crippen LogP contribution in [0.2, 0.25) is 10.2 Å². The summed E-state index contributed by atoms with van der Waals surface area (Å²) in [5, 5.41) is 8.85. The Morgan fingerprint density at radius 2 is 2.00 bits per heavy atom. The van der Waals surface area contributed by atoms with Crippen LogP contribution in [0.15, 0.2) is 46.1 Å². The van der Waals surface area contributed by atoms with Crippen molar-refractivity contribution in [1.82, 2.24) is 20.2 Å². The average molecular weight is 399 g/mol. The molecule has 0 unspecified atom stereocenters. The second-order valence-corrected chi connectivity index (χ2v) is 6.98. The molecular weight excluding hydrogens is 387 g/mol. The molecule has 1 saturated carbocycles. The van der Waals surface area contributed by atoms with Crippen molar-refractivity contribution in [3.63, 3.8) is 0 Å². The van der Waals surface area contributed by atoms with Crippen LogP contribution >= 0.6 is 23.2 Å². The van der Waals surface area contributed by atoms with Gasteiger partial charge in [-0.15, -0.1) is 10.2 Å². The summed E-state index contributed by atoms with van der Waals surface area (Å²) >= 11 is 12.2. The number of halogens is 2. The largest absolute Gasteiger partial charge is 0.325 e. The highest BCUT2D eigenvalue weighted by molar-refractivity contribution is 6.30. The van der Waals surface area contributed by atoms with Gasteiger partial charge in [-0.05, 0) is 36.2 Å². The quantitative estimate of drug-likeness (QED) is 0.649. The normalized spacial score (nSPS) is 17.9. The molecular formula is C19H12Cl2N4O2. The first-order chi connectivity index (χ1) is 13.0. The molecule has 0 aliphatic heterocycles. The van der Waals surface area contributed by atoms with E-state index in [0.717, 1.165) is 17.5 Å². The van der Waals surface area contributed by atoms with E-state index in [1.54, 1.807) is 12.1 Å². The van der Waals surface area contributed by atoms with Crippen molar-refractivity contribution in [3.05, 3.63) is 78.7 Å². The number of rotatable bonds is 2. The first-order valence-corrected chi connectivity index (χ1v) is 8.89. The highest BCUT2D eigenvalue weighted by Gasteiger charge is 2.39. The number of aromatic nitrogens is 4. The predicted molar refractivity (Wildman–Crippen MR) is 103 cm³/mol. The lowest BCUT2D eigenvalue weighted by Gasteiger charge is -2.04. The Bertz CT molecular complexity index is 1210. The minimum atomic E-state index is -0.579. The molecule has 4 rings (SSSR count).